The minimum absolute atomic E-state index is 0.128. The van der Waals surface area contributed by atoms with Crippen molar-refractivity contribution >= 4 is 35.3 Å². The number of allylic oxidation sites excluding steroid dienone is 2. The standard InChI is InChI=1S/2C23H27.C2H7Si.2ClH.Hf/c2*1-4-5-9-18-15-20-11-8-13-22(23(20)16-18)21-12-7-6-10-19(21)14-17(2)3;1-3-2;;;/h2*6-8,10-13,15-17H,4-5,9,14H2,1-3H3;3H,1-2H3;2*1H;/q;;;;;+2/p-2. The van der Waals surface area contributed by atoms with E-state index in [0.717, 1.165) is 51.4 Å². The molecular weight excluding hydrogens is 854 g/mol. The van der Waals surface area contributed by atoms with Gasteiger partial charge in [-0.25, -0.2) is 0 Å². The molecule has 0 aromatic heterocycles. The topological polar surface area (TPSA) is 0 Å². The zero-order chi connectivity index (χ0) is 37.2. The van der Waals surface area contributed by atoms with Crippen LogP contribution in [-0.2, 0) is 28.1 Å². The second-order valence-corrected chi connectivity index (χ2v) is 76.3. The van der Waals surface area contributed by atoms with E-state index < -0.39 is 21.3 Å². The van der Waals surface area contributed by atoms with Crippen LogP contribution in [0.4, 0.5) is 0 Å². The molecule has 6 rings (SSSR count). The van der Waals surface area contributed by atoms with Crippen molar-refractivity contribution in [3.63, 3.8) is 0 Å². The van der Waals surface area contributed by atoms with Gasteiger partial charge in [0, 0.05) is 0 Å². The summed E-state index contributed by atoms with van der Waals surface area (Å²) in [6.07, 6.45) is 14.0. The zero-order valence-corrected chi connectivity index (χ0v) is 39.3. The van der Waals surface area contributed by atoms with Crippen LogP contribution in [0.1, 0.15) is 121 Å². The summed E-state index contributed by atoms with van der Waals surface area (Å²) in [6.45, 7) is 18.9. The van der Waals surface area contributed by atoms with Crippen molar-refractivity contribution in [2.45, 2.75) is 113 Å². The SMILES string of the molecule is CCCCC1=Cc2c(-c3ccccc3CC(C)C)cccc2[CH]1[Hf]([Cl])([Cl])([CH]1C(CCCC)=Cc2c(-c3ccccc3CC(C)C)cccc21)[SiH](C)C. The summed E-state index contributed by atoms with van der Waals surface area (Å²) in [4.78, 5) is 0. The van der Waals surface area contributed by atoms with Gasteiger partial charge in [-0.2, -0.15) is 0 Å². The fourth-order valence-corrected chi connectivity index (χ4v) is 54.1. The summed E-state index contributed by atoms with van der Waals surface area (Å²) >= 11 is -5.07. The maximum absolute atomic E-state index is 8.91. The van der Waals surface area contributed by atoms with E-state index in [4.69, 9.17) is 17.2 Å². The molecule has 2 aliphatic carbocycles. The molecule has 2 unspecified atom stereocenters. The van der Waals surface area contributed by atoms with Crippen LogP contribution in [0.5, 0.6) is 0 Å². The van der Waals surface area contributed by atoms with Crippen molar-refractivity contribution in [3.8, 4) is 22.3 Å². The summed E-state index contributed by atoms with van der Waals surface area (Å²) in [6, 6.07) is 32.3. The van der Waals surface area contributed by atoms with Crippen LogP contribution < -0.4 is 0 Å². The average Bonchev–Trinajstić information content (AvgIpc) is 3.69. The first kappa shape index (κ1) is 39.7. The number of hydrogen-bond donors (Lipinski definition) is 0. The molecule has 0 aliphatic heterocycles. The molecule has 0 bridgehead atoms. The Morgan fingerprint density at radius 1 is 0.558 bits per heavy atom. The van der Waals surface area contributed by atoms with Crippen molar-refractivity contribution in [2.24, 2.45) is 11.8 Å². The average molecular weight is 915 g/mol. The van der Waals surface area contributed by atoms with Gasteiger partial charge in [0.25, 0.3) is 0 Å². The molecule has 4 heteroatoms. The van der Waals surface area contributed by atoms with Gasteiger partial charge in [0.2, 0.25) is 0 Å². The van der Waals surface area contributed by atoms with E-state index in [1.165, 1.54) is 66.8 Å². The van der Waals surface area contributed by atoms with Gasteiger partial charge in [-0.05, 0) is 0 Å². The van der Waals surface area contributed by atoms with Crippen LogP contribution in [0.3, 0.4) is 0 Å². The van der Waals surface area contributed by atoms with Crippen LogP contribution in [0.2, 0.25) is 13.1 Å². The molecule has 4 aromatic carbocycles. The Balaban J connectivity index is 1.59. The van der Waals surface area contributed by atoms with Gasteiger partial charge < -0.3 is 0 Å². The summed E-state index contributed by atoms with van der Waals surface area (Å²) in [5.74, 6) is -0.478. The Hall–Kier alpha value is -1.97. The number of hydrogen-bond acceptors (Lipinski definition) is 0. The van der Waals surface area contributed by atoms with Crippen molar-refractivity contribution in [3.05, 3.63) is 129 Å². The van der Waals surface area contributed by atoms with Crippen LogP contribution in [-0.4, -0.2) is 5.98 Å². The Morgan fingerprint density at radius 3 is 1.31 bits per heavy atom. The third kappa shape index (κ3) is 7.37. The van der Waals surface area contributed by atoms with E-state index >= 15 is 0 Å². The second kappa shape index (κ2) is 16.4. The van der Waals surface area contributed by atoms with Gasteiger partial charge in [-0.1, -0.05) is 0 Å². The molecule has 0 N–H and O–H groups in total. The fraction of sp³-hybridized carbons (Fsp3) is 0.417. The molecular formula is C48H61Cl2HfSi. The third-order valence-electron chi connectivity index (χ3n) is 12.0. The zero-order valence-electron chi connectivity index (χ0n) is 33.0. The summed E-state index contributed by atoms with van der Waals surface area (Å²) in [5.41, 5.74) is 16.9. The van der Waals surface area contributed by atoms with Gasteiger partial charge in [0.05, 0.1) is 0 Å². The van der Waals surface area contributed by atoms with E-state index in [2.05, 4.69) is 152 Å². The second-order valence-electron chi connectivity index (χ2n) is 17.0. The molecule has 275 valence electrons. The number of unbranched alkanes of at least 4 members (excludes halogenated alkanes) is 2. The normalized spacial score (nSPS) is 17.7. The molecule has 0 saturated heterocycles. The van der Waals surface area contributed by atoms with Crippen LogP contribution in [0, 0.1) is 11.8 Å². The summed E-state index contributed by atoms with van der Waals surface area (Å²) < 4.78 is 0.257. The first-order valence-electron chi connectivity index (χ1n) is 20.3. The summed E-state index contributed by atoms with van der Waals surface area (Å²) in [5, 5.41) is 0. The monoisotopic (exact) mass is 915 g/mol. The van der Waals surface area contributed by atoms with Gasteiger partial charge in [-0.15, -0.1) is 0 Å². The first-order chi connectivity index (χ1) is 24.9. The molecule has 0 radical (unpaired) electrons. The Kier molecular flexibility index (Phi) is 12.5. The Bertz CT molecular complexity index is 1830. The van der Waals surface area contributed by atoms with E-state index in [1.54, 1.807) is 0 Å². The third-order valence-corrected chi connectivity index (χ3v) is 84.9. The maximum atomic E-state index is 8.91. The molecule has 0 amide bonds. The van der Waals surface area contributed by atoms with Gasteiger partial charge in [-0.3, -0.25) is 0 Å². The van der Waals surface area contributed by atoms with E-state index in [-0.39, 0.29) is 7.35 Å². The first-order valence-corrected chi connectivity index (χ1v) is 42.5. The van der Waals surface area contributed by atoms with Crippen molar-refractivity contribution in [1.29, 1.82) is 0 Å². The fourth-order valence-electron chi connectivity index (χ4n) is 9.53. The predicted molar refractivity (Wildman–Crippen MR) is 232 cm³/mol. The van der Waals surface area contributed by atoms with E-state index in [1.807, 2.05) is 0 Å². The molecule has 2 aliphatic rings. The molecule has 52 heavy (non-hydrogen) atoms. The van der Waals surface area contributed by atoms with E-state index in [0.29, 0.717) is 11.8 Å². The molecule has 2 atom stereocenters. The van der Waals surface area contributed by atoms with Gasteiger partial charge in [0.1, 0.15) is 0 Å². The number of fused-ring (bicyclic) bond motifs is 2. The van der Waals surface area contributed by atoms with Crippen molar-refractivity contribution in [1.82, 2.24) is 0 Å². The van der Waals surface area contributed by atoms with Crippen molar-refractivity contribution in [2.75, 3.05) is 0 Å². The molecule has 0 fully saturated rings. The number of halogens is 2. The number of rotatable bonds is 15. The number of benzene rings is 4. The van der Waals surface area contributed by atoms with Crippen LogP contribution >= 0.6 is 17.2 Å². The molecule has 0 saturated carbocycles. The van der Waals surface area contributed by atoms with E-state index in [9.17, 15) is 0 Å². The molecule has 0 nitrogen and oxygen atoms in total. The van der Waals surface area contributed by atoms with Crippen LogP contribution in [0.25, 0.3) is 34.4 Å². The van der Waals surface area contributed by atoms with Crippen molar-refractivity contribution < 1.29 is 15.3 Å². The minimum atomic E-state index is -5.07. The Labute approximate surface area is 325 Å². The van der Waals surface area contributed by atoms with Gasteiger partial charge >= 0.3 is 327 Å². The Morgan fingerprint density at radius 2 is 0.942 bits per heavy atom. The quantitative estimate of drug-likeness (QED) is 0.104. The molecule has 4 aromatic rings. The van der Waals surface area contributed by atoms with Crippen LogP contribution in [0.15, 0.2) is 96.1 Å². The molecule has 0 spiro atoms. The summed E-state index contributed by atoms with van der Waals surface area (Å²) in [7, 11) is 17.8. The molecule has 0 heterocycles. The van der Waals surface area contributed by atoms with Gasteiger partial charge in [0.15, 0.2) is 0 Å². The predicted octanol–water partition coefficient (Wildman–Crippen LogP) is 15.4.